The summed E-state index contributed by atoms with van der Waals surface area (Å²) in [5.41, 5.74) is -0.458. The number of nitrogens with zero attached hydrogens (tertiary/aromatic N) is 1. The molecule has 1 fully saturated rings. The van der Waals surface area contributed by atoms with Crippen molar-refractivity contribution in [1.82, 2.24) is 10.2 Å². The highest BCUT2D eigenvalue weighted by Gasteiger charge is 2.39. The third kappa shape index (κ3) is 2.61. The number of nitrogens with one attached hydrogen (secondary N) is 1. The number of carbonyl (C=O) groups excluding carboxylic acids is 1. The van der Waals surface area contributed by atoms with Crippen molar-refractivity contribution in [1.29, 1.82) is 0 Å². The second-order valence-corrected chi connectivity index (χ2v) is 4.89. The Balaban J connectivity index is 2.88. The van der Waals surface area contributed by atoms with Crippen molar-refractivity contribution >= 4 is 12.0 Å². The highest BCUT2D eigenvalue weighted by atomic mass is 16.4. The van der Waals surface area contributed by atoms with Crippen LogP contribution in [0.2, 0.25) is 0 Å². The summed E-state index contributed by atoms with van der Waals surface area (Å²) < 4.78 is 0. The maximum absolute atomic E-state index is 11.5. The lowest BCUT2D eigenvalue weighted by molar-refractivity contribution is -0.146. The molecular weight excluding hydrogens is 196 g/mol. The highest BCUT2D eigenvalue weighted by molar-refractivity contribution is 5.83. The fourth-order valence-corrected chi connectivity index (χ4v) is 1.87. The second kappa shape index (κ2) is 4.08. The minimum absolute atomic E-state index is 0.274. The molecule has 0 unspecified atom stereocenters. The number of carbonyl (C=O) groups is 2. The molecule has 86 valence electrons. The van der Waals surface area contributed by atoms with Gasteiger partial charge in [0.15, 0.2) is 0 Å². The summed E-state index contributed by atoms with van der Waals surface area (Å²) in [4.78, 5) is 24.1. The van der Waals surface area contributed by atoms with Crippen LogP contribution in [0.5, 0.6) is 0 Å². The molecule has 1 aliphatic heterocycles. The maximum Gasteiger partial charge on any atom is 0.327 e. The molecule has 0 aliphatic carbocycles. The molecule has 0 spiro atoms. The van der Waals surface area contributed by atoms with Crippen LogP contribution in [0.15, 0.2) is 0 Å². The Bertz CT molecular complexity index is 270. The van der Waals surface area contributed by atoms with Crippen LogP contribution in [-0.2, 0) is 4.79 Å². The Morgan fingerprint density at radius 3 is 2.53 bits per heavy atom. The first-order valence-electron chi connectivity index (χ1n) is 5.11. The lowest BCUT2D eigenvalue weighted by Crippen LogP contribution is -2.58. The van der Waals surface area contributed by atoms with Gasteiger partial charge in [0, 0.05) is 13.1 Å². The van der Waals surface area contributed by atoms with E-state index in [1.807, 2.05) is 20.8 Å². The Labute approximate surface area is 89.4 Å². The van der Waals surface area contributed by atoms with Crippen molar-refractivity contribution in [2.75, 3.05) is 13.1 Å². The van der Waals surface area contributed by atoms with Crippen LogP contribution in [-0.4, -0.2) is 41.1 Å². The van der Waals surface area contributed by atoms with Crippen molar-refractivity contribution < 1.29 is 14.7 Å². The molecule has 0 aromatic heterocycles. The minimum atomic E-state index is -0.945. The molecular formula is C10H18N2O3. The van der Waals surface area contributed by atoms with Gasteiger partial charge in [0.1, 0.15) is 6.04 Å². The van der Waals surface area contributed by atoms with Gasteiger partial charge in [-0.2, -0.15) is 0 Å². The quantitative estimate of drug-likeness (QED) is 0.717. The topological polar surface area (TPSA) is 69.6 Å². The molecule has 15 heavy (non-hydrogen) atoms. The number of carboxylic acid groups (broad SMARTS) is 1. The van der Waals surface area contributed by atoms with Crippen LogP contribution in [0, 0.1) is 5.41 Å². The normalized spacial score (nSPS) is 19.7. The van der Waals surface area contributed by atoms with E-state index >= 15 is 0 Å². The lowest BCUT2D eigenvalue weighted by Gasteiger charge is -2.39. The third-order valence-corrected chi connectivity index (χ3v) is 2.48. The zero-order valence-corrected chi connectivity index (χ0v) is 9.41. The zero-order valence-electron chi connectivity index (χ0n) is 9.41. The smallest absolute Gasteiger partial charge is 0.327 e. The number of carboxylic acids is 1. The van der Waals surface area contributed by atoms with Gasteiger partial charge in [-0.3, -0.25) is 0 Å². The van der Waals surface area contributed by atoms with E-state index < -0.39 is 17.4 Å². The first-order chi connectivity index (χ1) is 6.84. The van der Waals surface area contributed by atoms with E-state index in [9.17, 15) is 9.59 Å². The zero-order chi connectivity index (χ0) is 11.6. The van der Waals surface area contributed by atoms with Crippen molar-refractivity contribution in [3.63, 3.8) is 0 Å². The molecule has 0 saturated carbocycles. The van der Waals surface area contributed by atoms with Gasteiger partial charge >= 0.3 is 12.0 Å². The molecule has 0 radical (unpaired) electrons. The molecule has 0 aromatic rings. The van der Waals surface area contributed by atoms with Gasteiger partial charge in [-0.15, -0.1) is 0 Å². The van der Waals surface area contributed by atoms with Crippen LogP contribution in [0.4, 0.5) is 4.79 Å². The fraction of sp³-hybridized carbons (Fsp3) is 0.800. The van der Waals surface area contributed by atoms with Crippen molar-refractivity contribution in [3.8, 4) is 0 Å². The first kappa shape index (κ1) is 11.8. The largest absolute Gasteiger partial charge is 0.480 e. The van der Waals surface area contributed by atoms with Gasteiger partial charge in [0.2, 0.25) is 0 Å². The van der Waals surface area contributed by atoms with Crippen LogP contribution < -0.4 is 5.32 Å². The predicted molar refractivity (Wildman–Crippen MR) is 55.6 cm³/mol. The van der Waals surface area contributed by atoms with Crippen molar-refractivity contribution in [2.24, 2.45) is 5.41 Å². The van der Waals surface area contributed by atoms with Gasteiger partial charge in [-0.1, -0.05) is 20.8 Å². The Morgan fingerprint density at radius 1 is 1.53 bits per heavy atom. The van der Waals surface area contributed by atoms with Gasteiger partial charge in [-0.05, 0) is 11.8 Å². The van der Waals surface area contributed by atoms with E-state index in [0.717, 1.165) is 6.42 Å². The van der Waals surface area contributed by atoms with Crippen LogP contribution >= 0.6 is 0 Å². The Morgan fingerprint density at radius 2 is 2.13 bits per heavy atom. The number of urea groups is 1. The van der Waals surface area contributed by atoms with Gasteiger partial charge in [0.25, 0.3) is 0 Å². The maximum atomic E-state index is 11.5. The number of hydrogen-bond acceptors (Lipinski definition) is 2. The van der Waals surface area contributed by atoms with Gasteiger partial charge < -0.3 is 15.3 Å². The lowest BCUT2D eigenvalue weighted by atomic mass is 9.85. The predicted octanol–water partition coefficient (Wildman–Crippen LogP) is 0.901. The van der Waals surface area contributed by atoms with Crippen molar-refractivity contribution in [3.05, 3.63) is 0 Å². The van der Waals surface area contributed by atoms with E-state index in [4.69, 9.17) is 5.11 Å². The van der Waals surface area contributed by atoms with E-state index in [-0.39, 0.29) is 6.03 Å². The summed E-state index contributed by atoms with van der Waals surface area (Å²) in [6.45, 7) is 6.63. The molecule has 1 aliphatic rings. The summed E-state index contributed by atoms with van der Waals surface area (Å²) in [6, 6.07) is -1.04. The molecule has 0 bridgehead atoms. The summed E-state index contributed by atoms with van der Waals surface area (Å²) in [5, 5.41) is 11.8. The van der Waals surface area contributed by atoms with Gasteiger partial charge in [-0.25, -0.2) is 9.59 Å². The monoisotopic (exact) mass is 214 g/mol. The average Bonchev–Trinajstić information content (AvgIpc) is 2.05. The Kier molecular flexibility index (Phi) is 3.21. The summed E-state index contributed by atoms with van der Waals surface area (Å²) in [6.07, 6.45) is 0.797. The molecule has 1 saturated heterocycles. The summed E-state index contributed by atoms with van der Waals surface area (Å²) in [5.74, 6) is -0.945. The SMILES string of the molecule is CC(C)(C)[C@@H](C(=O)O)N1CCCNC1=O. The standard InChI is InChI=1S/C10H18N2O3/c1-10(2,3)7(8(13)14)12-6-4-5-11-9(12)15/h7H,4-6H2,1-3H3,(H,11,15)(H,13,14)/t7-/m1/s1. The number of aliphatic carboxylic acids is 1. The van der Waals surface area contributed by atoms with Crippen LogP contribution in [0.1, 0.15) is 27.2 Å². The van der Waals surface area contributed by atoms with Crippen molar-refractivity contribution in [2.45, 2.75) is 33.2 Å². The highest BCUT2D eigenvalue weighted by Crippen LogP contribution is 2.25. The summed E-state index contributed by atoms with van der Waals surface area (Å²) >= 11 is 0. The molecule has 1 rings (SSSR count). The van der Waals surface area contributed by atoms with E-state index in [1.54, 1.807) is 0 Å². The molecule has 5 nitrogen and oxygen atoms in total. The van der Waals surface area contributed by atoms with Gasteiger partial charge in [0.05, 0.1) is 0 Å². The van der Waals surface area contributed by atoms with E-state index in [0.29, 0.717) is 13.1 Å². The van der Waals surface area contributed by atoms with E-state index in [1.165, 1.54) is 4.90 Å². The summed E-state index contributed by atoms with van der Waals surface area (Å²) in [7, 11) is 0. The molecule has 2 N–H and O–H groups in total. The number of amides is 2. The first-order valence-corrected chi connectivity index (χ1v) is 5.11. The third-order valence-electron chi connectivity index (χ3n) is 2.48. The average molecular weight is 214 g/mol. The molecule has 1 heterocycles. The molecule has 2 amide bonds. The number of hydrogen-bond donors (Lipinski definition) is 2. The molecule has 5 heteroatoms. The second-order valence-electron chi connectivity index (χ2n) is 4.89. The Hall–Kier alpha value is -1.26. The minimum Gasteiger partial charge on any atom is -0.480 e. The van der Waals surface area contributed by atoms with E-state index in [2.05, 4.69) is 5.32 Å². The van der Waals surface area contributed by atoms with Crippen LogP contribution in [0.25, 0.3) is 0 Å². The number of rotatable bonds is 2. The molecule has 0 aromatic carbocycles. The van der Waals surface area contributed by atoms with Crippen LogP contribution in [0.3, 0.4) is 0 Å². The molecule has 1 atom stereocenters. The fourth-order valence-electron chi connectivity index (χ4n) is 1.87.